The second-order valence-electron chi connectivity index (χ2n) is 7.50. The van der Waals surface area contributed by atoms with Gasteiger partial charge in [-0.15, -0.1) is 0 Å². The highest BCUT2D eigenvalue weighted by Gasteiger charge is 2.30. The first-order valence-electron chi connectivity index (χ1n) is 10.2. The Kier molecular flexibility index (Phi) is 7.46. The number of hydrogen-bond acceptors (Lipinski definition) is 2. The van der Waals surface area contributed by atoms with Crippen LogP contribution in [0, 0.1) is 0 Å². The summed E-state index contributed by atoms with van der Waals surface area (Å²) >= 11 is 0. The number of nitrogens with zero attached hydrogens (tertiary/aromatic N) is 1. The molecule has 3 heteroatoms. The molecule has 0 saturated carbocycles. The van der Waals surface area contributed by atoms with Gasteiger partial charge >= 0.3 is 0 Å². The summed E-state index contributed by atoms with van der Waals surface area (Å²) < 4.78 is 6.27. The van der Waals surface area contributed by atoms with Crippen LogP contribution >= 0.6 is 0 Å². The maximum Gasteiger partial charge on any atom is 0.223 e. The number of benzene rings is 2. The SMILES string of the molecule is CCC[C@H](C[C@@H]1CCCC(=O)N1Cc1ccccc1)OCc1ccccc1. The van der Waals surface area contributed by atoms with Gasteiger partial charge in [0.25, 0.3) is 0 Å². The van der Waals surface area contributed by atoms with Crippen LogP contribution in [-0.4, -0.2) is 23.0 Å². The van der Waals surface area contributed by atoms with E-state index < -0.39 is 0 Å². The van der Waals surface area contributed by atoms with Crippen LogP contribution in [-0.2, 0) is 22.7 Å². The number of carbonyl (C=O) groups excluding carboxylic acids is 1. The quantitative estimate of drug-likeness (QED) is 0.600. The molecule has 2 aromatic rings. The van der Waals surface area contributed by atoms with Gasteiger partial charge in [-0.05, 0) is 36.8 Å². The lowest BCUT2D eigenvalue weighted by Crippen LogP contribution is -2.44. The number of likely N-dealkylation sites (tertiary alicyclic amines) is 1. The largest absolute Gasteiger partial charge is 0.373 e. The summed E-state index contributed by atoms with van der Waals surface area (Å²) in [6.45, 7) is 3.55. The van der Waals surface area contributed by atoms with Gasteiger partial charge in [-0.25, -0.2) is 0 Å². The molecule has 3 rings (SSSR count). The van der Waals surface area contributed by atoms with E-state index in [1.54, 1.807) is 0 Å². The number of hydrogen-bond donors (Lipinski definition) is 0. The van der Waals surface area contributed by atoms with Gasteiger partial charge in [0, 0.05) is 19.0 Å². The molecule has 2 atom stereocenters. The van der Waals surface area contributed by atoms with Crippen molar-refractivity contribution in [1.29, 1.82) is 0 Å². The molecule has 27 heavy (non-hydrogen) atoms. The van der Waals surface area contributed by atoms with E-state index in [0.29, 0.717) is 19.6 Å². The zero-order valence-electron chi connectivity index (χ0n) is 16.3. The number of piperidine rings is 1. The van der Waals surface area contributed by atoms with Crippen LogP contribution in [0.15, 0.2) is 60.7 Å². The van der Waals surface area contributed by atoms with Crippen molar-refractivity contribution in [2.24, 2.45) is 0 Å². The smallest absolute Gasteiger partial charge is 0.223 e. The Morgan fingerprint density at radius 3 is 2.37 bits per heavy atom. The molecule has 1 fully saturated rings. The Bertz CT molecular complexity index is 686. The summed E-state index contributed by atoms with van der Waals surface area (Å²) in [6, 6.07) is 20.9. The van der Waals surface area contributed by atoms with E-state index in [9.17, 15) is 4.79 Å². The minimum Gasteiger partial charge on any atom is -0.373 e. The highest BCUT2D eigenvalue weighted by atomic mass is 16.5. The van der Waals surface area contributed by atoms with Gasteiger partial charge in [0.1, 0.15) is 0 Å². The molecule has 1 aliphatic heterocycles. The number of ether oxygens (including phenoxy) is 1. The van der Waals surface area contributed by atoms with Gasteiger partial charge in [-0.1, -0.05) is 74.0 Å². The Hall–Kier alpha value is -2.13. The van der Waals surface area contributed by atoms with Crippen LogP contribution < -0.4 is 0 Å². The molecule has 0 spiro atoms. The van der Waals surface area contributed by atoms with Crippen molar-refractivity contribution in [1.82, 2.24) is 4.90 Å². The van der Waals surface area contributed by atoms with Gasteiger partial charge in [0.15, 0.2) is 0 Å². The normalized spacial score (nSPS) is 18.5. The molecular formula is C24H31NO2. The monoisotopic (exact) mass is 365 g/mol. The average Bonchev–Trinajstić information content (AvgIpc) is 2.70. The van der Waals surface area contributed by atoms with Gasteiger partial charge in [-0.3, -0.25) is 4.79 Å². The summed E-state index contributed by atoms with van der Waals surface area (Å²) in [4.78, 5) is 14.7. The van der Waals surface area contributed by atoms with Crippen molar-refractivity contribution in [3.8, 4) is 0 Å². The van der Waals surface area contributed by atoms with Crippen LogP contribution in [0.2, 0.25) is 0 Å². The first kappa shape index (κ1) is 19.6. The minimum absolute atomic E-state index is 0.198. The predicted molar refractivity (Wildman–Crippen MR) is 109 cm³/mol. The van der Waals surface area contributed by atoms with Gasteiger partial charge in [0.05, 0.1) is 12.7 Å². The Labute approximate surface area is 163 Å². The minimum atomic E-state index is 0.198. The molecule has 1 amide bonds. The lowest BCUT2D eigenvalue weighted by atomic mass is 9.94. The molecule has 0 N–H and O–H groups in total. The summed E-state index contributed by atoms with van der Waals surface area (Å²) in [5, 5.41) is 0. The molecule has 0 radical (unpaired) electrons. The Balaban J connectivity index is 1.63. The first-order chi connectivity index (χ1) is 13.3. The Morgan fingerprint density at radius 1 is 1.04 bits per heavy atom. The Morgan fingerprint density at radius 2 is 1.70 bits per heavy atom. The van der Waals surface area contributed by atoms with Crippen LogP contribution in [0.1, 0.15) is 56.6 Å². The zero-order chi connectivity index (χ0) is 18.9. The lowest BCUT2D eigenvalue weighted by Gasteiger charge is -2.37. The van der Waals surface area contributed by atoms with Crippen molar-refractivity contribution < 1.29 is 9.53 Å². The molecule has 1 heterocycles. The highest BCUT2D eigenvalue weighted by molar-refractivity contribution is 5.77. The number of amides is 1. The topological polar surface area (TPSA) is 29.5 Å². The van der Waals surface area contributed by atoms with Crippen molar-refractivity contribution in [2.45, 2.75) is 70.7 Å². The molecule has 0 aliphatic carbocycles. The zero-order valence-corrected chi connectivity index (χ0v) is 16.3. The third-order valence-corrected chi connectivity index (χ3v) is 5.36. The van der Waals surface area contributed by atoms with Crippen molar-refractivity contribution in [3.05, 3.63) is 71.8 Å². The van der Waals surface area contributed by atoms with E-state index in [1.165, 1.54) is 11.1 Å². The third-order valence-electron chi connectivity index (χ3n) is 5.36. The molecule has 0 unspecified atom stereocenters. The lowest BCUT2D eigenvalue weighted by molar-refractivity contribution is -0.138. The fourth-order valence-electron chi connectivity index (χ4n) is 3.92. The summed E-state index contributed by atoms with van der Waals surface area (Å²) in [6.07, 6.45) is 6.01. The van der Waals surface area contributed by atoms with E-state index in [0.717, 1.165) is 32.1 Å². The molecule has 1 aliphatic rings. The van der Waals surface area contributed by atoms with Crippen LogP contribution in [0.4, 0.5) is 0 Å². The fraction of sp³-hybridized carbons (Fsp3) is 0.458. The van der Waals surface area contributed by atoms with Gasteiger partial charge in [0.2, 0.25) is 5.91 Å². The van der Waals surface area contributed by atoms with Gasteiger partial charge in [-0.2, -0.15) is 0 Å². The summed E-state index contributed by atoms with van der Waals surface area (Å²) in [7, 11) is 0. The number of carbonyl (C=O) groups is 1. The second-order valence-corrected chi connectivity index (χ2v) is 7.50. The third kappa shape index (κ3) is 5.93. The fourth-order valence-corrected chi connectivity index (χ4v) is 3.92. The maximum atomic E-state index is 12.6. The molecule has 2 aromatic carbocycles. The predicted octanol–water partition coefficient (Wildman–Crippen LogP) is 5.34. The van der Waals surface area contributed by atoms with Crippen LogP contribution in [0.25, 0.3) is 0 Å². The van der Waals surface area contributed by atoms with E-state index >= 15 is 0 Å². The van der Waals surface area contributed by atoms with E-state index in [1.807, 2.05) is 24.3 Å². The molecule has 1 saturated heterocycles. The standard InChI is InChI=1S/C24H31NO2/c1-2-10-23(27-19-21-13-7-4-8-14-21)17-22-15-9-16-24(26)25(22)18-20-11-5-3-6-12-20/h3-8,11-14,22-23H,2,9-10,15-19H2,1H3/t22-,23+/m0/s1. The molecular weight excluding hydrogens is 334 g/mol. The van der Waals surface area contributed by atoms with Crippen molar-refractivity contribution >= 4 is 5.91 Å². The summed E-state index contributed by atoms with van der Waals surface area (Å²) in [5.74, 6) is 0.286. The second kappa shape index (κ2) is 10.3. The highest BCUT2D eigenvalue weighted by Crippen LogP contribution is 2.26. The van der Waals surface area contributed by atoms with Crippen molar-refractivity contribution in [2.75, 3.05) is 0 Å². The van der Waals surface area contributed by atoms with Crippen LogP contribution in [0.5, 0.6) is 0 Å². The van der Waals surface area contributed by atoms with E-state index in [2.05, 4.69) is 48.2 Å². The first-order valence-corrected chi connectivity index (χ1v) is 10.2. The molecule has 0 aromatic heterocycles. The summed E-state index contributed by atoms with van der Waals surface area (Å²) in [5.41, 5.74) is 2.41. The molecule has 3 nitrogen and oxygen atoms in total. The average molecular weight is 366 g/mol. The molecule has 144 valence electrons. The maximum absolute atomic E-state index is 12.6. The van der Waals surface area contributed by atoms with Crippen molar-refractivity contribution in [3.63, 3.8) is 0 Å². The van der Waals surface area contributed by atoms with Crippen LogP contribution in [0.3, 0.4) is 0 Å². The number of rotatable bonds is 9. The van der Waals surface area contributed by atoms with E-state index in [4.69, 9.17) is 4.74 Å². The van der Waals surface area contributed by atoms with E-state index in [-0.39, 0.29) is 18.1 Å². The molecule has 0 bridgehead atoms. The van der Waals surface area contributed by atoms with Gasteiger partial charge < -0.3 is 9.64 Å².